The number of nitrogens with zero attached hydrogens (tertiary/aromatic N) is 2. The van der Waals surface area contributed by atoms with Gasteiger partial charge in [-0.1, -0.05) is 0 Å². The van der Waals surface area contributed by atoms with Gasteiger partial charge in [-0.25, -0.2) is 4.39 Å². The van der Waals surface area contributed by atoms with E-state index in [9.17, 15) is 4.39 Å². The molecule has 1 atom stereocenters. The molecule has 1 heterocycles. The quantitative estimate of drug-likeness (QED) is 0.751. The van der Waals surface area contributed by atoms with Crippen LogP contribution in [0.3, 0.4) is 0 Å². The molecule has 0 bridgehead atoms. The summed E-state index contributed by atoms with van der Waals surface area (Å²) in [5.41, 5.74) is 5.20. The molecule has 5 heteroatoms. The Bertz CT molecular complexity index is 329. The summed E-state index contributed by atoms with van der Waals surface area (Å²) < 4.78 is 21.2. The molecule has 1 aromatic rings. The maximum atomic E-state index is 14.5. The first-order valence-corrected chi connectivity index (χ1v) is 5.95. The van der Waals surface area contributed by atoms with Gasteiger partial charge in [-0.2, -0.15) is 5.10 Å². The Balaban J connectivity index is 2.48. The van der Waals surface area contributed by atoms with Crippen LogP contribution >= 0.6 is 0 Å². The highest BCUT2D eigenvalue weighted by atomic mass is 19.1. The summed E-state index contributed by atoms with van der Waals surface area (Å²) >= 11 is 0. The number of alkyl halides is 1. The summed E-state index contributed by atoms with van der Waals surface area (Å²) in [4.78, 5) is 0. The number of aromatic nitrogens is 2. The Morgan fingerprint density at radius 2 is 2.29 bits per heavy atom. The Labute approximate surface area is 102 Å². The van der Waals surface area contributed by atoms with Crippen molar-refractivity contribution in [2.24, 2.45) is 12.8 Å². The molecule has 0 fully saturated rings. The number of hydrogen-bond donors (Lipinski definition) is 1. The second kappa shape index (κ2) is 6.71. The lowest BCUT2D eigenvalue weighted by molar-refractivity contribution is 0.0269. The standard InChI is InChI=1S/C12H22FN3O/c1-16-9-11(8-15-16)4-6-12(13,10-17-2)5-3-7-14/h8-9H,3-7,10,14H2,1-2H3. The number of rotatable bonds is 8. The predicted molar refractivity (Wildman–Crippen MR) is 65.5 cm³/mol. The number of methoxy groups -OCH3 is 1. The molecule has 2 N–H and O–H groups in total. The molecule has 0 saturated carbocycles. The van der Waals surface area contributed by atoms with Gasteiger partial charge in [0.05, 0.1) is 12.8 Å². The van der Waals surface area contributed by atoms with Crippen LogP contribution in [0.15, 0.2) is 12.4 Å². The molecule has 4 nitrogen and oxygen atoms in total. The molecule has 1 unspecified atom stereocenters. The molecule has 0 aliphatic heterocycles. The van der Waals surface area contributed by atoms with Crippen LogP contribution in [0, 0.1) is 0 Å². The molecule has 0 spiro atoms. The summed E-state index contributed by atoms with van der Waals surface area (Å²) in [5.74, 6) is 0. The Morgan fingerprint density at radius 1 is 1.53 bits per heavy atom. The van der Waals surface area contributed by atoms with E-state index in [0.717, 1.165) is 5.56 Å². The van der Waals surface area contributed by atoms with Crippen molar-refractivity contribution < 1.29 is 9.13 Å². The van der Waals surface area contributed by atoms with Crippen molar-refractivity contribution >= 4 is 0 Å². The third-order valence-corrected chi connectivity index (χ3v) is 2.85. The highest BCUT2D eigenvalue weighted by Gasteiger charge is 2.28. The van der Waals surface area contributed by atoms with E-state index < -0.39 is 5.67 Å². The molecular weight excluding hydrogens is 221 g/mol. The van der Waals surface area contributed by atoms with E-state index in [2.05, 4.69) is 5.10 Å². The average Bonchev–Trinajstić information content (AvgIpc) is 2.71. The van der Waals surface area contributed by atoms with Crippen LogP contribution in [0.1, 0.15) is 24.8 Å². The minimum absolute atomic E-state index is 0.132. The molecule has 0 radical (unpaired) electrons. The molecule has 1 rings (SSSR count). The minimum atomic E-state index is -1.27. The van der Waals surface area contributed by atoms with Gasteiger partial charge in [0.25, 0.3) is 0 Å². The summed E-state index contributed by atoms with van der Waals surface area (Å²) in [6.07, 6.45) is 5.96. The first-order valence-electron chi connectivity index (χ1n) is 5.95. The van der Waals surface area contributed by atoms with Crippen molar-refractivity contribution in [2.45, 2.75) is 31.4 Å². The van der Waals surface area contributed by atoms with E-state index >= 15 is 0 Å². The van der Waals surface area contributed by atoms with Crippen LogP contribution in [-0.2, 0) is 18.2 Å². The van der Waals surface area contributed by atoms with Crippen molar-refractivity contribution in [1.29, 1.82) is 0 Å². The van der Waals surface area contributed by atoms with Crippen LogP contribution in [0.25, 0.3) is 0 Å². The normalized spacial score (nSPS) is 14.8. The second-order valence-corrected chi connectivity index (χ2v) is 4.50. The number of ether oxygens (including phenoxy) is 1. The molecular formula is C12H22FN3O. The zero-order valence-electron chi connectivity index (χ0n) is 10.7. The van der Waals surface area contributed by atoms with E-state index in [-0.39, 0.29) is 6.61 Å². The third kappa shape index (κ3) is 4.83. The van der Waals surface area contributed by atoms with Gasteiger partial charge in [0.1, 0.15) is 5.67 Å². The topological polar surface area (TPSA) is 53.1 Å². The van der Waals surface area contributed by atoms with Crippen molar-refractivity contribution in [2.75, 3.05) is 20.3 Å². The number of nitrogens with two attached hydrogens (primary N) is 1. The van der Waals surface area contributed by atoms with Gasteiger partial charge < -0.3 is 10.5 Å². The molecule has 17 heavy (non-hydrogen) atoms. The Hall–Kier alpha value is -0.940. The number of halogens is 1. The van der Waals surface area contributed by atoms with Gasteiger partial charge in [-0.05, 0) is 37.8 Å². The van der Waals surface area contributed by atoms with Crippen molar-refractivity contribution in [3.8, 4) is 0 Å². The van der Waals surface area contributed by atoms with Gasteiger partial charge in [0.15, 0.2) is 0 Å². The minimum Gasteiger partial charge on any atom is -0.381 e. The molecule has 0 aliphatic carbocycles. The SMILES string of the molecule is COCC(F)(CCCN)CCc1cnn(C)c1. The van der Waals surface area contributed by atoms with Gasteiger partial charge in [-0.3, -0.25) is 4.68 Å². The molecule has 0 amide bonds. The van der Waals surface area contributed by atoms with Crippen molar-refractivity contribution in [1.82, 2.24) is 9.78 Å². The van der Waals surface area contributed by atoms with Gasteiger partial charge in [0.2, 0.25) is 0 Å². The second-order valence-electron chi connectivity index (χ2n) is 4.50. The third-order valence-electron chi connectivity index (χ3n) is 2.85. The fourth-order valence-electron chi connectivity index (χ4n) is 1.92. The highest BCUT2D eigenvalue weighted by molar-refractivity contribution is 5.04. The average molecular weight is 243 g/mol. The number of aryl methyl sites for hydroxylation is 2. The van der Waals surface area contributed by atoms with Crippen LogP contribution < -0.4 is 5.73 Å². The van der Waals surface area contributed by atoms with Gasteiger partial charge in [0, 0.05) is 20.4 Å². The van der Waals surface area contributed by atoms with Crippen LogP contribution in [0.4, 0.5) is 4.39 Å². The van der Waals surface area contributed by atoms with Crippen LogP contribution in [0.5, 0.6) is 0 Å². The zero-order chi connectivity index (χ0) is 12.7. The van der Waals surface area contributed by atoms with Crippen LogP contribution in [-0.4, -0.2) is 35.7 Å². The zero-order valence-corrected chi connectivity index (χ0v) is 10.7. The first-order chi connectivity index (χ1) is 8.09. The summed E-state index contributed by atoms with van der Waals surface area (Å²) in [6, 6.07) is 0. The van der Waals surface area contributed by atoms with Crippen molar-refractivity contribution in [3.63, 3.8) is 0 Å². The molecule has 0 aromatic carbocycles. The van der Waals surface area contributed by atoms with Crippen molar-refractivity contribution in [3.05, 3.63) is 18.0 Å². The first kappa shape index (κ1) is 14.1. The highest BCUT2D eigenvalue weighted by Crippen LogP contribution is 2.25. The fraction of sp³-hybridized carbons (Fsp3) is 0.750. The predicted octanol–water partition coefficient (Wildman–Crippen LogP) is 1.45. The van der Waals surface area contributed by atoms with E-state index in [0.29, 0.717) is 32.2 Å². The lowest BCUT2D eigenvalue weighted by Crippen LogP contribution is -2.30. The van der Waals surface area contributed by atoms with E-state index in [1.54, 1.807) is 10.9 Å². The smallest absolute Gasteiger partial charge is 0.134 e. The number of hydrogen-bond acceptors (Lipinski definition) is 3. The summed E-state index contributed by atoms with van der Waals surface area (Å²) in [5, 5.41) is 4.07. The Kier molecular flexibility index (Phi) is 5.58. The van der Waals surface area contributed by atoms with Gasteiger partial charge in [-0.15, -0.1) is 0 Å². The summed E-state index contributed by atoms with van der Waals surface area (Å²) in [6.45, 7) is 0.648. The molecule has 0 saturated heterocycles. The van der Waals surface area contributed by atoms with E-state index in [4.69, 9.17) is 10.5 Å². The monoisotopic (exact) mass is 243 g/mol. The Morgan fingerprint density at radius 3 is 2.82 bits per heavy atom. The van der Waals surface area contributed by atoms with E-state index in [1.807, 2.05) is 13.2 Å². The lowest BCUT2D eigenvalue weighted by atomic mass is 9.93. The molecule has 0 aliphatic rings. The van der Waals surface area contributed by atoms with E-state index in [1.165, 1.54) is 7.11 Å². The fourth-order valence-corrected chi connectivity index (χ4v) is 1.92. The largest absolute Gasteiger partial charge is 0.381 e. The summed E-state index contributed by atoms with van der Waals surface area (Å²) in [7, 11) is 3.39. The molecule has 98 valence electrons. The lowest BCUT2D eigenvalue weighted by Gasteiger charge is -2.24. The van der Waals surface area contributed by atoms with Crippen LogP contribution in [0.2, 0.25) is 0 Å². The maximum absolute atomic E-state index is 14.5. The maximum Gasteiger partial charge on any atom is 0.134 e. The molecule has 1 aromatic heterocycles. The van der Waals surface area contributed by atoms with Gasteiger partial charge >= 0.3 is 0 Å².